The van der Waals surface area contributed by atoms with Gasteiger partial charge in [-0.25, -0.2) is 13.1 Å². The predicted octanol–water partition coefficient (Wildman–Crippen LogP) is 0.817. The van der Waals surface area contributed by atoms with E-state index in [1.165, 1.54) is 19.3 Å². The number of hydrogen-bond donors (Lipinski definition) is 1. The van der Waals surface area contributed by atoms with Gasteiger partial charge in [0.15, 0.2) is 0 Å². The van der Waals surface area contributed by atoms with E-state index in [0.717, 1.165) is 19.6 Å². The van der Waals surface area contributed by atoms with Crippen LogP contribution in [0.5, 0.6) is 0 Å². The van der Waals surface area contributed by atoms with Gasteiger partial charge in [-0.15, -0.1) is 0 Å². The lowest BCUT2D eigenvalue weighted by Gasteiger charge is -2.26. The number of rotatable bonds is 8. The minimum Gasteiger partial charge on any atom is -0.385 e. The highest BCUT2D eigenvalue weighted by Crippen LogP contribution is 2.08. The summed E-state index contributed by atoms with van der Waals surface area (Å²) in [4.78, 5) is 2.33. The number of sulfonamides is 1. The van der Waals surface area contributed by atoms with Gasteiger partial charge in [-0.2, -0.15) is 0 Å². The molecule has 6 heteroatoms. The van der Waals surface area contributed by atoms with E-state index in [2.05, 4.69) is 9.62 Å². The first kappa shape index (κ1) is 15.9. The van der Waals surface area contributed by atoms with Gasteiger partial charge < -0.3 is 9.64 Å². The lowest BCUT2D eigenvalue weighted by atomic mass is 10.1. The highest BCUT2D eigenvalue weighted by atomic mass is 32.2. The number of methoxy groups -OCH3 is 1. The van der Waals surface area contributed by atoms with E-state index >= 15 is 0 Å². The van der Waals surface area contributed by atoms with Gasteiger partial charge in [0.25, 0.3) is 0 Å². The number of piperidine rings is 1. The normalized spacial score (nSPS) is 19.9. The summed E-state index contributed by atoms with van der Waals surface area (Å²) in [5, 5.41) is -0.390. The molecule has 18 heavy (non-hydrogen) atoms. The van der Waals surface area contributed by atoms with Gasteiger partial charge in [-0.05, 0) is 39.3 Å². The van der Waals surface area contributed by atoms with Crippen LogP contribution in [-0.4, -0.2) is 58.5 Å². The van der Waals surface area contributed by atoms with Gasteiger partial charge in [0, 0.05) is 26.8 Å². The fraction of sp³-hybridized carbons (Fsp3) is 1.00. The molecule has 0 aromatic carbocycles. The van der Waals surface area contributed by atoms with Crippen molar-refractivity contribution in [2.75, 3.05) is 39.9 Å². The lowest BCUT2D eigenvalue weighted by molar-refractivity contribution is 0.194. The highest BCUT2D eigenvalue weighted by Gasteiger charge is 2.20. The van der Waals surface area contributed by atoms with Crippen molar-refractivity contribution in [3.8, 4) is 0 Å². The quantitative estimate of drug-likeness (QED) is 0.714. The van der Waals surface area contributed by atoms with E-state index in [-0.39, 0.29) is 5.25 Å². The molecule has 1 atom stereocenters. The largest absolute Gasteiger partial charge is 0.385 e. The van der Waals surface area contributed by atoms with E-state index in [9.17, 15) is 8.42 Å². The van der Waals surface area contributed by atoms with E-state index < -0.39 is 10.0 Å². The van der Waals surface area contributed by atoms with Crippen molar-refractivity contribution in [2.45, 2.75) is 37.9 Å². The molecule has 0 aromatic rings. The number of hydrogen-bond acceptors (Lipinski definition) is 4. The maximum Gasteiger partial charge on any atom is 0.214 e. The second kappa shape index (κ2) is 8.09. The topological polar surface area (TPSA) is 58.6 Å². The molecule has 0 amide bonds. The Morgan fingerprint density at radius 1 is 1.28 bits per heavy atom. The molecule has 1 rings (SSSR count). The van der Waals surface area contributed by atoms with Crippen LogP contribution in [0.4, 0.5) is 0 Å². The van der Waals surface area contributed by atoms with Gasteiger partial charge in [-0.1, -0.05) is 6.42 Å². The van der Waals surface area contributed by atoms with Crippen LogP contribution >= 0.6 is 0 Å². The van der Waals surface area contributed by atoms with E-state index in [1.54, 1.807) is 14.0 Å². The summed E-state index contributed by atoms with van der Waals surface area (Å²) >= 11 is 0. The van der Waals surface area contributed by atoms with Crippen molar-refractivity contribution < 1.29 is 13.2 Å². The van der Waals surface area contributed by atoms with Crippen LogP contribution in [0.3, 0.4) is 0 Å². The van der Waals surface area contributed by atoms with Crippen LogP contribution in [0.1, 0.15) is 32.6 Å². The Morgan fingerprint density at radius 2 is 1.94 bits per heavy atom. The zero-order valence-electron chi connectivity index (χ0n) is 11.5. The second-order valence-electron chi connectivity index (χ2n) is 4.93. The first-order valence-corrected chi connectivity index (χ1v) is 8.30. The molecule has 1 aliphatic heterocycles. The molecule has 0 unspecified atom stereocenters. The van der Waals surface area contributed by atoms with Gasteiger partial charge in [0.1, 0.15) is 0 Å². The van der Waals surface area contributed by atoms with Gasteiger partial charge in [0.2, 0.25) is 10.0 Å². The number of nitrogens with one attached hydrogen (secondary N) is 1. The molecule has 0 aliphatic carbocycles. The zero-order chi connectivity index (χ0) is 13.4. The number of nitrogens with zero attached hydrogens (tertiary/aromatic N) is 1. The smallest absolute Gasteiger partial charge is 0.214 e. The third-order valence-electron chi connectivity index (χ3n) is 3.44. The third-order valence-corrected chi connectivity index (χ3v) is 5.34. The van der Waals surface area contributed by atoms with Gasteiger partial charge in [0.05, 0.1) is 5.25 Å². The fourth-order valence-electron chi connectivity index (χ4n) is 2.11. The van der Waals surface area contributed by atoms with Crippen molar-refractivity contribution in [3.05, 3.63) is 0 Å². The van der Waals surface area contributed by atoms with Crippen molar-refractivity contribution in [3.63, 3.8) is 0 Å². The zero-order valence-corrected chi connectivity index (χ0v) is 12.3. The maximum atomic E-state index is 11.9. The SMILES string of the molecule is COCC[C@@H](C)S(=O)(=O)NCCN1CCCCC1. The average Bonchev–Trinajstić information content (AvgIpc) is 2.37. The van der Waals surface area contributed by atoms with Gasteiger partial charge in [-0.3, -0.25) is 0 Å². The molecule has 1 aliphatic rings. The van der Waals surface area contributed by atoms with Crippen LogP contribution in [0.25, 0.3) is 0 Å². The Kier molecular flexibility index (Phi) is 7.14. The molecule has 0 saturated carbocycles. The summed E-state index contributed by atoms with van der Waals surface area (Å²) in [5.74, 6) is 0. The molecule has 108 valence electrons. The number of ether oxygens (including phenoxy) is 1. The molecular formula is C12H26N2O3S. The highest BCUT2D eigenvalue weighted by molar-refractivity contribution is 7.90. The first-order chi connectivity index (χ1) is 8.56. The lowest BCUT2D eigenvalue weighted by Crippen LogP contribution is -2.40. The van der Waals surface area contributed by atoms with Crippen LogP contribution in [0.2, 0.25) is 0 Å². The average molecular weight is 278 g/mol. The molecule has 0 spiro atoms. The molecular weight excluding hydrogens is 252 g/mol. The second-order valence-corrected chi connectivity index (χ2v) is 7.12. The van der Waals surface area contributed by atoms with Crippen molar-refractivity contribution in [1.29, 1.82) is 0 Å². The Balaban J connectivity index is 2.23. The Labute approximate surface area is 111 Å². The van der Waals surface area contributed by atoms with Crippen molar-refractivity contribution in [2.24, 2.45) is 0 Å². The minimum absolute atomic E-state index is 0.390. The van der Waals surface area contributed by atoms with E-state index in [1.807, 2.05) is 0 Å². The summed E-state index contributed by atoms with van der Waals surface area (Å²) < 4.78 is 31.4. The predicted molar refractivity (Wildman–Crippen MR) is 73.2 cm³/mol. The summed E-state index contributed by atoms with van der Waals surface area (Å²) in [6.07, 6.45) is 4.31. The molecule has 1 saturated heterocycles. The Bertz CT molecular complexity index is 313. The van der Waals surface area contributed by atoms with Crippen LogP contribution < -0.4 is 4.72 Å². The van der Waals surface area contributed by atoms with Crippen LogP contribution in [0, 0.1) is 0 Å². The molecule has 1 fully saturated rings. The molecule has 0 bridgehead atoms. The van der Waals surface area contributed by atoms with Crippen molar-refractivity contribution >= 4 is 10.0 Å². The van der Waals surface area contributed by atoms with E-state index in [0.29, 0.717) is 19.6 Å². The molecule has 1 N–H and O–H groups in total. The standard InChI is InChI=1S/C12H26N2O3S/c1-12(6-11-17-2)18(15,16)13-7-10-14-8-4-3-5-9-14/h12-13H,3-11H2,1-2H3/t12-/m1/s1. The summed E-state index contributed by atoms with van der Waals surface area (Å²) in [6.45, 7) is 5.73. The molecule has 5 nitrogen and oxygen atoms in total. The minimum atomic E-state index is -3.19. The summed E-state index contributed by atoms with van der Waals surface area (Å²) in [7, 11) is -1.60. The number of likely N-dealkylation sites (tertiary alicyclic amines) is 1. The summed E-state index contributed by atoms with van der Waals surface area (Å²) in [5.41, 5.74) is 0. The summed E-state index contributed by atoms with van der Waals surface area (Å²) in [6, 6.07) is 0. The maximum absolute atomic E-state index is 11.9. The fourth-order valence-corrected chi connectivity index (χ4v) is 3.18. The Morgan fingerprint density at radius 3 is 2.56 bits per heavy atom. The molecule has 0 aromatic heterocycles. The monoisotopic (exact) mass is 278 g/mol. The Hall–Kier alpha value is -0.170. The van der Waals surface area contributed by atoms with Crippen LogP contribution in [0.15, 0.2) is 0 Å². The van der Waals surface area contributed by atoms with Crippen LogP contribution in [-0.2, 0) is 14.8 Å². The van der Waals surface area contributed by atoms with Gasteiger partial charge >= 0.3 is 0 Å². The molecule has 0 radical (unpaired) electrons. The van der Waals surface area contributed by atoms with E-state index in [4.69, 9.17) is 4.74 Å². The molecule has 1 heterocycles. The first-order valence-electron chi connectivity index (χ1n) is 6.76. The van der Waals surface area contributed by atoms with Crippen molar-refractivity contribution in [1.82, 2.24) is 9.62 Å². The third kappa shape index (κ3) is 5.65.